The molecule has 2 N–H and O–H groups in total. The maximum atomic E-state index is 12.9. The molecule has 2 aromatic rings. The highest BCUT2D eigenvalue weighted by molar-refractivity contribution is 5.85. The number of nitrogen functional groups attached to an aromatic ring is 1. The number of nitrogens with zero attached hydrogens (tertiary/aromatic N) is 3. The SMILES string of the molecule is Nc1cc2c(nn1)CCN(C(=O)C1CCc3ccccc31)C2. The number of aromatic nitrogens is 2. The summed E-state index contributed by atoms with van der Waals surface area (Å²) in [5.41, 5.74) is 10.2. The molecule has 0 radical (unpaired) electrons. The molecule has 4 rings (SSSR count). The first-order chi connectivity index (χ1) is 10.7. The molecule has 1 unspecified atom stereocenters. The third-order valence-electron chi connectivity index (χ3n) is 4.70. The summed E-state index contributed by atoms with van der Waals surface area (Å²) in [7, 11) is 0. The zero-order valence-corrected chi connectivity index (χ0v) is 12.3. The number of anilines is 1. The van der Waals surface area contributed by atoms with Crippen LogP contribution in [0.5, 0.6) is 0 Å². The minimum absolute atomic E-state index is 0.00453. The summed E-state index contributed by atoms with van der Waals surface area (Å²) in [5.74, 6) is 0.648. The number of hydrogen-bond donors (Lipinski definition) is 1. The Hall–Kier alpha value is -2.43. The van der Waals surface area contributed by atoms with Crippen LogP contribution in [-0.4, -0.2) is 27.5 Å². The Bertz CT molecular complexity index is 743. The van der Waals surface area contributed by atoms with Crippen LogP contribution in [-0.2, 0) is 24.2 Å². The Labute approximate surface area is 129 Å². The lowest BCUT2D eigenvalue weighted by Gasteiger charge is -2.30. The van der Waals surface area contributed by atoms with Crippen molar-refractivity contribution in [2.75, 3.05) is 12.3 Å². The quantitative estimate of drug-likeness (QED) is 0.868. The van der Waals surface area contributed by atoms with Crippen LogP contribution in [0.4, 0.5) is 5.82 Å². The summed E-state index contributed by atoms with van der Waals surface area (Å²) in [4.78, 5) is 14.9. The number of benzene rings is 1. The molecule has 5 heteroatoms. The van der Waals surface area contributed by atoms with Gasteiger partial charge in [-0.05, 0) is 35.6 Å². The number of nitrogens with two attached hydrogens (primary N) is 1. The molecule has 5 nitrogen and oxygen atoms in total. The van der Waals surface area contributed by atoms with E-state index in [0.717, 1.165) is 30.5 Å². The maximum absolute atomic E-state index is 12.9. The fourth-order valence-corrected chi connectivity index (χ4v) is 3.57. The number of hydrogen-bond acceptors (Lipinski definition) is 4. The highest BCUT2D eigenvalue weighted by Crippen LogP contribution is 2.35. The topological polar surface area (TPSA) is 72.1 Å². The van der Waals surface area contributed by atoms with Crippen molar-refractivity contribution in [3.8, 4) is 0 Å². The van der Waals surface area contributed by atoms with Crippen molar-refractivity contribution < 1.29 is 4.79 Å². The molecule has 1 aromatic heterocycles. The van der Waals surface area contributed by atoms with Crippen molar-refractivity contribution in [1.82, 2.24) is 15.1 Å². The van der Waals surface area contributed by atoms with E-state index in [0.29, 0.717) is 18.9 Å². The van der Waals surface area contributed by atoms with Crippen LogP contribution in [0.2, 0.25) is 0 Å². The van der Waals surface area contributed by atoms with Crippen LogP contribution in [0.15, 0.2) is 30.3 Å². The van der Waals surface area contributed by atoms with Crippen LogP contribution < -0.4 is 5.73 Å². The fourth-order valence-electron chi connectivity index (χ4n) is 3.57. The predicted octanol–water partition coefficient (Wildman–Crippen LogP) is 1.67. The van der Waals surface area contributed by atoms with Gasteiger partial charge in [-0.1, -0.05) is 24.3 Å². The molecule has 1 aromatic carbocycles. The van der Waals surface area contributed by atoms with Gasteiger partial charge in [0.1, 0.15) is 5.82 Å². The van der Waals surface area contributed by atoms with Gasteiger partial charge in [-0.25, -0.2) is 0 Å². The van der Waals surface area contributed by atoms with Gasteiger partial charge in [0.15, 0.2) is 0 Å². The number of carbonyl (C=O) groups excluding carboxylic acids is 1. The van der Waals surface area contributed by atoms with Gasteiger partial charge >= 0.3 is 0 Å². The van der Waals surface area contributed by atoms with Crippen LogP contribution in [0.25, 0.3) is 0 Å². The van der Waals surface area contributed by atoms with E-state index in [-0.39, 0.29) is 11.8 Å². The zero-order chi connectivity index (χ0) is 15.1. The van der Waals surface area contributed by atoms with Crippen LogP contribution in [0, 0.1) is 0 Å². The second-order valence-electron chi connectivity index (χ2n) is 6.04. The third kappa shape index (κ3) is 2.13. The second kappa shape index (κ2) is 5.09. The van der Waals surface area contributed by atoms with Gasteiger partial charge in [0.05, 0.1) is 11.6 Å². The number of rotatable bonds is 1. The van der Waals surface area contributed by atoms with Crippen LogP contribution >= 0.6 is 0 Å². The van der Waals surface area contributed by atoms with Gasteiger partial charge in [-0.3, -0.25) is 4.79 Å². The standard InChI is InChI=1S/C17H18N4O/c18-16-9-12-10-21(8-7-15(12)19-20-16)17(22)14-6-5-11-3-1-2-4-13(11)14/h1-4,9,14H,5-8,10H2,(H2,18,20). The van der Waals surface area contributed by atoms with Crippen molar-refractivity contribution in [1.29, 1.82) is 0 Å². The van der Waals surface area contributed by atoms with Gasteiger partial charge in [0, 0.05) is 19.5 Å². The lowest BCUT2D eigenvalue weighted by Crippen LogP contribution is -2.39. The number of amides is 1. The van der Waals surface area contributed by atoms with Crippen molar-refractivity contribution in [3.63, 3.8) is 0 Å². The van der Waals surface area contributed by atoms with E-state index in [4.69, 9.17) is 5.73 Å². The van der Waals surface area contributed by atoms with E-state index < -0.39 is 0 Å². The summed E-state index contributed by atoms with van der Waals surface area (Å²) in [5, 5.41) is 8.03. The van der Waals surface area contributed by atoms with E-state index in [1.54, 1.807) is 0 Å². The molecule has 1 aliphatic heterocycles. The van der Waals surface area contributed by atoms with Crippen LogP contribution in [0.1, 0.15) is 34.7 Å². The molecule has 0 saturated heterocycles. The Balaban J connectivity index is 1.58. The van der Waals surface area contributed by atoms with E-state index in [9.17, 15) is 4.79 Å². The first kappa shape index (κ1) is 13.2. The lowest BCUT2D eigenvalue weighted by molar-refractivity contribution is -0.133. The largest absolute Gasteiger partial charge is 0.382 e. The first-order valence-electron chi connectivity index (χ1n) is 7.70. The third-order valence-corrected chi connectivity index (χ3v) is 4.70. The lowest BCUT2D eigenvalue weighted by atomic mass is 9.98. The monoisotopic (exact) mass is 294 g/mol. The van der Waals surface area contributed by atoms with E-state index in [1.165, 1.54) is 11.1 Å². The molecule has 0 saturated carbocycles. The summed E-state index contributed by atoms with van der Waals surface area (Å²) in [6.45, 7) is 1.30. The normalized spacial score (nSPS) is 19.6. The number of fused-ring (bicyclic) bond motifs is 2. The molecule has 2 heterocycles. The average Bonchev–Trinajstić information content (AvgIpc) is 2.97. The molecule has 2 aliphatic rings. The molecular weight excluding hydrogens is 276 g/mol. The minimum atomic E-state index is 0.00453. The van der Waals surface area contributed by atoms with Crippen molar-refractivity contribution in [2.45, 2.75) is 31.7 Å². The molecular formula is C17H18N4O. The molecule has 22 heavy (non-hydrogen) atoms. The highest BCUT2D eigenvalue weighted by atomic mass is 16.2. The van der Waals surface area contributed by atoms with E-state index in [1.807, 2.05) is 23.1 Å². The smallest absolute Gasteiger partial charge is 0.230 e. The molecule has 0 spiro atoms. The summed E-state index contributed by atoms with van der Waals surface area (Å²) in [6.07, 6.45) is 2.66. The fraction of sp³-hybridized carbons (Fsp3) is 0.353. The zero-order valence-electron chi connectivity index (χ0n) is 12.3. The minimum Gasteiger partial charge on any atom is -0.382 e. The van der Waals surface area contributed by atoms with E-state index >= 15 is 0 Å². The van der Waals surface area contributed by atoms with Gasteiger partial charge in [0.2, 0.25) is 5.91 Å². The molecule has 1 amide bonds. The Kier molecular flexibility index (Phi) is 3.06. The summed E-state index contributed by atoms with van der Waals surface area (Å²) in [6, 6.07) is 10.1. The molecule has 1 atom stereocenters. The molecule has 0 fully saturated rings. The van der Waals surface area contributed by atoms with E-state index in [2.05, 4.69) is 22.3 Å². The second-order valence-corrected chi connectivity index (χ2v) is 6.04. The van der Waals surface area contributed by atoms with Crippen molar-refractivity contribution in [3.05, 3.63) is 52.7 Å². The Morgan fingerprint density at radius 2 is 2.05 bits per heavy atom. The Morgan fingerprint density at radius 3 is 2.95 bits per heavy atom. The van der Waals surface area contributed by atoms with Crippen molar-refractivity contribution in [2.24, 2.45) is 0 Å². The number of carbonyl (C=O) groups is 1. The molecule has 0 bridgehead atoms. The predicted molar refractivity (Wildman–Crippen MR) is 83.1 cm³/mol. The van der Waals surface area contributed by atoms with Gasteiger partial charge < -0.3 is 10.6 Å². The van der Waals surface area contributed by atoms with Gasteiger partial charge in [-0.2, -0.15) is 5.10 Å². The molecule has 112 valence electrons. The Morgan fingerprint density at radius 1 is 1.18 bits per heavy atom. The summed E-state index contributed by atoms with van der Waals surface area (Å²) < 4.78 is 0. The van der Waals surface area contributed by atoms with Crippen LogP contribution in [0.3, 0.4) is 0 Å². The van der Waals surface area contributed by atoms with Gasteiger partial charge in [-0.15, -0.1) is 5.10 Å². The molecule has 1 aliphatic carbocycles. The average molecular weight is 294 g/mol. The summed E-state index contributed by atoms with van der Waals surface area (Å²) >= 11 is 0. The maximum Gasteiger partial charge on any atom is 0.230 e. The first-order valence-corrected chi connectivity index (χ1v) is 7.70. The van der Waals surface area contributed by atoms with Gasteiger partial charge in [0.25, 0.3) is 0 Å². The highest BCUT2D eigenvalue weighted by Gasteiger charge is 2.33. The number of aryl methyl sites for hydroxylation is 1. The van der Waals surface area contributed by atoms with Crippen molar-refractivity contribution >= 4 is 11.7 Å².